The molecule has 0 spiro atoms. The van der Waals surface area contributed by atoms with Gasteiger partial charge in [0, 0.05) is 6.54 Å². The number of hydrogen-bond acceptors (Lipinski definition) is 7. The van der Waals surface area contributed by atoms with Crippen LogP contribution in [-0.4, -0.2) is 48.0 Å². The maximum absolute atomic E-state index is 11.7. The Balaban J connectivity index is 0.000000379. The molecule has 10 nitrogen and oxygen atoms in total. The highest BCUT2D eigenvalue weighted by molar-refractivity contribution is 6.28. The Morgan fingerprint density at radius 2 is 1.87 bits per heavy atom. The average molecular weight is 350 g/mol. The maximum Gasteiger partial charge on any atom is 0.342 e. The lowest BCUT2D eigenvalue weighted by atomic mass is 10.2. The molecule has 6 N–H and O–H groups in total. The smallest absolute Gasteiger partial charge is 0.330 e. The van der Waals surface area contributed by atoms with Crippen LogP contribution in [0.2, 0.25) is 5.28 Å². The van der Waals surface area contributed by atoms with Crippen molar-refractivity contribution in [2.45, 2.75) is 38.8 Å². The number of aryl methyl sites for hydroxylation is 1. The first-order valence-electron chi connectivity index (χ1n) is 6.94. The van der Waals surface area contributed by atoms with Gasteiger partial charge in [-0.15, -0.1) is 0 Å². The van der Waals surface area contributed by atoms with Crippen molar-refractivity contribution in [1.29, 1.82) is 0 Å². The first-order chi connectivity index (χ1) is 10.7. The van der Waals surface area contributed by atoms with Crippen LogP contribution < -0.4 is 16.6 Å². The average Bonchev–Trinajstić information content (AvgIpc) is 2.85. The predicted molar refractivity (Wildman–Crippen MR) is 84.0 cm³/mol. The molecule has 0 radical (unpaired) electrons. The highest BCUT2D eigenvalue weighted by atomic mass is 35.5. The molecule has 2 rings (SSSR count). The number of imidazole rings is 1. The molecule has 23 heavy (non-hydrogen) atoms. The van der Waals surface area contributed by atoms with Crippen LogP contribution >= 0.6 is 11.6 Å². The van der Waals surface area contributed by atoms with E-state index in [0.29, 0.717) is 12.2 Å². The molecule has 2 aromatic heterocycles. The van der Waals surface area contributed by atoms with Crippen molar-refractivity contribution in [2.24, 2.45) is 0 Å². The second-order valence-corrected chi connectivity index (χ2v) is 5.09. The van der Waals surface area contributed by atoms with Crippen LogP contribution in [0.4, 0.5) is 0 Å². The van der Waals surface area contributed by atoms with Crippen LogP contribution in [0.3, 0.4) is 0 Å². The van der Waals surface area contributed by atoms with Gasteiger partial charge in [0.05, 0.1) is 0 Å². The van der Waals surface area contributed by atoms with Crippen molar-refractivity contribution in [2.75, 3.05) is 7.05 Å². The second kappa shape index (κ2) is 8.22. The molecule has 0 saturated carbocycles. The molecule has 130 valence electrons. The van der Waals surface area contributed by atoms with Crippen LogP contribution in [0.15, 0.2) is 9.59 Å². The summed E-state index contributed by atoms with van der Waals surface area (Å²) in [6, 6.07) is 0. The largest absolute Gasteiger partial charge is 0.342 e. The van der Waals surface area contributed by atoms with E-state index in [1.165, 1.54) is 11.6 Å². The molecule has 0 aliphatic rings. The standard InChI is InChI=1S/C10H13ClN4O2.C2H7NO3/c1-2-3-4-5-15-7-6(12-9(11)13-7)8(16)14-10(15)17;1-3-2(4,5)6/h2-5H2,1H3,(H,12,13)(H,14,16,17);3-6H,1H3. The van der Waals surface area contributed by atoms with Gasteiger partial charge in [-0.2, -0.15) is 4.98 Å². The molecular formula is C12H20ClN5O5. The predicted octanol–water partition coefficient (Wildman–Crippen LogP) is -0.949. The Hall–Kier alpha value is -1.72. The number of halogens is 1. The minimum atomic E-state index is -2.71. The molecule has 0 bridgehead atoms. The minimum absolute atomic E-state index is 0.111. The normalized spacial score (nSPS) is 11.4. The number of hydrogen-bond donors (Lipinski definition) is 6. The van der Waals surface area contributed by atoms with Crippen LogP contribution in [0.5, 0.6) is 0 Å². The third kappa shape index (κ3) is 5.77. The fourth-order valence-corrected chi connectivity index (χ4v) is 1.91. The second-order valence-electron chi connectivity index (χ2n) is 4.73. The zero-order valence-corrected chi connectivity index (χ0v) is 13.5. The Labute approximate surface area is 135 Å². The van der Waals surface area contributed by atoms with Crippen molar-refractivity contribution in [1.82, 2.24) is 24.8 Å². The topological polar surface area (TPSA) is 156 Å². The quantitative estimate of drug-likeness (QED) is 0.231. The zero-order valence-electron chi connectivity index (χ0n) is 12.8. The monoisotopic (exact) mass is 349 g/mol. The van der Waals surface area contributed by atoms with Crippen molar-refractivity contribution in [3.63, 3.8) is 0 Å². The summed E-state index contributed by atoms with van der Waals surface area (Å²) >= 11 is 5.71. The van der Waals surface area contributed by atoms with Gasteiger partial charge < -0.3 is 20.3 Å². The Bertz CT molecular complexity index is 745. The van der Waals surface area contributed by atoms with Crippen molar-refractivity contribution < 1.29 is 15.3 Å². The third-order valence-corrected chi connectivity index (χ3v) is 3.10. The SMILES string of the molecule is CCCCCn1c(=O)[nH]c(=O)c2[nH]c(Cl)nc21.CNC(O)(O)O. The number of aliphatic hydroxyl groups is 3. The molecule has 2 heterocycles. The number of fused-ring (bicyclic) bond motifs is 1. The van der Waals surface area contributed by atoms with E-state index in [0.717, 1.165) is 19.3 Å². The highest BCUT2D eigenvalue weighted by Crippen LogP contribution is 2.09. The lowest BCUT2D eigenvalue weighted by molar-refractivity contribution is -0.328. The summed E-state index contributed by atoms with van der Waals surface area (Å²) in [5, 5.41) is 25.4. The summed E-state index contributed by atoms with van der Waals surface area (Å²) in [5.41, 5.74) is -0.371. The van der Waals surface area contributed by atoms with Gasteiger partial charge in [0.1, 0.15) is 0 Å². The van der Waals surface area contributed by atoms with Gasteiger partial charge >= 0.3 is 11.8 Å². The molecular weight excluding hydrogens is 330 g/mol. The van der Waals surface area contributed by atoms with E-state index >= 15 is 0 Å². The molecule has 0 aliphatic heterocycles. The summed E-state index contributed by atoms with van der Waals surface area (Å²) in [4.78, 5) is 32.0. The minimum Gasteiger partial charge on any atom is -0.330 e. The van der Waals surface area contributed by atoms with Gasteiger partial charge in [-0.3, -0.25) is 14.3 Å². The summed E-state index contributed by atoms with van der Waals surface area (Å²) < 4.78 is 1.44. The Morgan fingerprint density at radius 3 is 2.39 bits per heavy atom. The number of nitrogens with zero attached hydrogens (tertiary/aromatic N) is 2. The van der Waals surface area contributed by atoms with Crippen LogP contribution in [0.25, 0.3) is 11.2 Å². The van der Waals surface area contributed by atoms with Gasteiger partial charge in [-0.05, 0) is 25.1 Å². The molecule has 0 aliphatic carbocycles. The lowest BCUT2D eigenvalue weighted by Crippen LogP contribution is -2.41. The number of unbranched alkanes of at least 4 members (excludes halogenated alkanes) is 2. The van der Waals surface area contributed by atoms with Crippen molar-refractivity contribution >= 4 is 22.8 Å². The first-order valence-corrected chi connectivity index (χ1v) is 7.31. The molecule has 0 fully saturated rings. The van der Waals surface area contributed by atoms with Gasteiger partial charge in [-0.25, -0.2) is 10.1 Å². The maximum atomic E-state index is 11.7. The van der Waals surface area contributed by atoms with E-state index in [1.807, 2.05) is 0 Å². The van der Waals surface area contributed by atoms with E-state index in [1.54, 1.807) is 5.32 Å². The van der Waals surface area contributed by atoms with Crippen LogP contribution in [-0.2, 0) is 6.54 Å². The van der Waals surface area contributed by atoms with Crippen molar-refractivity contribution in [3.8, 4) is 0 Å². The van der Waals surface area contributed by atoms with Crippen LogP contribution in [0, 0.1) is 0 Å². The van der Waals surface area contributed by atoms with Crippen LogP contribution in [0.1, 0.15) is 26.2 Å². The fraction of sp³-hybridized carbons (Fsp3) is 0.583. The number of aromatic nitrogens is 4. The van der Waals surface area contributed by atoms with E-state index in [4.69, 9.17) is 26.9 Å². The fourth-order valence-electron chi connectivity index (χ4n) is 1.74. The highest BCUT2D eigenvalue weighted by Gasteiger charge is 2.12. The lowest BCUT2D eigenvalue weighted by Gasteiger charge is -2.09. The van der Waals surface area contributed by atoms with E-state index in [9.17, 15) is 9.59 Å². The molecule has 0 saturated heterocycles. The van der Waals surface area contributed by atoms with E-state index < -0.39 is 17.3 Å². The number of aromatic amines is 2. The number of nitrogens with one attached hydrogen (secondary N) is 3. The van der Waals surface area contributed by atoms with Gasteiger partial charge in [0.2, 0.25) is 5.28 Å². The van der Waals surface area contributed by atoms with Gasteiger partial charge in [-0.1, -0.05) is 19.8 Å². The summed E-state index contributed by atoms with van der Waals surface area (Å²) in [7, 11) is 1.21. The molecule has 0 unspecified atom stereocenters. The summed E-state index contributed by atoms with van der Waals surface area (Å²) in [5.74, 6) is 0. The van der Waals surface area contributed by atoms with Gasteiger partial charge in [0.15, 0.2) is 11.2 Å². The summed E-state index contributed by atoms with van der Waals surface area (Å²) in [6.07, 6.45) is 0.232. The third-order valence-electron chi connectivity index (χ3n) is 2.92. The number of rotatable bonds is 5. The molecule has 0 amide bonds. The summed E-state index contributed by atoms with van der Waals surface area (Å²) in [6.45, 7) is 2.61. The molecule has 0 aromatic carbocycles. The Morgan fingerprint density at radius 1 is 1.26 bits per heavy atom. The Kier molecular flexibility index (Phi) is 6.91. The zero-order chi connectivity index (χ0) is 17.6. The van der Waals surface area contributed by atoms with E-state index in [-0.39, 0.29) is 10.8 Å². The first kappa shape index (κ1) is 19.3. The number of H-pyrrole nitrogens is 2. The molecule has 2 aromatic rings. The molecule has 0 atom stereocenters. The molecule has 11 heteroatoms. The van der Waals surface area contributed by atoms with Gasteiger partial charge in [0.25, 0.3) is 5.56 Å². The van der Waals surface area contributed by atoms with E-state index in [2.05, 4.69) is 21.9 Å². The van der Waals surface area contributed by atoms with Crippen molar-refractivity contribution in [3.05, 3.63) is 26.1 Å².